The molecule has 1 unspecified atom stereocenters. The van der Waals surface area contributed by atoms with Crippen LogP contribution in [0.1, 0.15) is 6.92 Å². The predicted octanol–water partition coefficient (Wildman–Crippen LogP) is 3.84. The van der Waals surface area contributed by atoms with E-state index < -0.39 is 22.7 Å². The molecule has 0 bridgehead atoms. The molecule has 0 aliphatic heterocycles. The first-order valence-corrected chi connectivity index (χ1v) is 8.50. The summed E-state index contributed by atoms with van der Waals surface area (Å²) in [7, 11) is 2.87. The number of benzene rings is 2. The molecule has 2 aromatic carbocycles. The normalized spacial score (nSPS) is 11.7. The van der Waals surface area contributed by atoms with Crippen LogP contribution in [0.2, 0.25) is 0 Å². The number of amides is 1. The van der Waals surface area contributed by atoms with E-state index in [0.717, 1.165) is 6.92 Å². The first-order valence-electron chi connectivity index (χ1n) is 8.16. The van der Waals surface area contributed by atoms with E-state index in [0.29, 0.717) is 15.9 Å². The molecule has 0 saturated heterocycles. The smallest absolute Gasteiger partial charge is 0.296 e. The molecule has 11 heteroatoms. The van der Waals surface area contributed by atoms with Gasteiger partial charge < -0.3 is 9.47 Å². The Morgan fingerprint density at radius 3 is 2.38 bits per heavy atom. The van der Waals surface area contributed by atoms with Crippen LogP contribution >= 0.6 is 11.8 Å². The Hall–Kier alpha value is -3.53. The van der Waals surface area contributed by atoms with E-state index in [9.17, 15) is 19.7 Å². The Kier molecular flexibility index (Phi) is 7.21. The van der Waals surface area contributed by atoms with E-state index >= 15 is 0 Å². The summed E-state index contributed by atoms with van der Waals surface area (Å²) >= 11 is 6.11. The van der Waals surface area contributed by atoms with Crippen molar-refractivity contribution in [1.29, 1.82) is 0 Å². The van der Waals surface area contributed by atoms with Crippen LogP contribution in [0.3, 0.4) is 0 Å². The monoisotopic (exact) mass is 420 g/mol. The van der Waals surface area contributed by atoms with Gasteiger partial charge in [-0.25, -0.2) is 4.42 Å². The lowest BCUT2D eigenvalue weighted by molar-refractivity contribution is -0.384. The van der Waals surface area contributed by atoms with Crippen molar-refractivity contribution >= 4 is 40.5 Å². The summed E-state index contributed by atoms with van der Waals surface area (Å²) in [6.45, 7) is 1.14. The van der Waals surface area contributed by atoms with Gasteiger partial charge in [0.1, 0.15) is 0 Å². The molecule has 1 amide bonds. The lowest BCUT2D eigenvalue weighted by atomic mass is 10.2. The maximum Gasteiger partial charge on any atom is 0.296 e. The molecule has 152 valence electrons. The fourth-order valence-corrected chi connectivity index (χ4v) is 2.51. The first-order chi connectivity index (χ1) is 13.8. The van der Waals surface area contributed by atoms with E-state index in [-0.39, 0.29) is 17.1 Å². The second-order valence-electron chi connectivity index (χ2n) is 5.63. The summed E-state index contributed by atoms with van der Waals surface area (Å²) in [6, 6.07) is 8.44. The standard InChI is InChI=1S/C18H17ClN4O6/c1-11(24)17(21-20-13-6-4-5-7-14(13)23(26)27)18(25)22(19)12-8-9-15(28-2)16(10-12)29-3/h4-10,17H,1-3H3. The highest BCUT2D eigenvalue weighted by molar-refractivity contribution is 6.39. The zero-order valence-corrected chi connectivity index (χ0v) is 16.5. The van der Waals surface area contributed by atoms with Crippen LogP contribution in [0, 0.1) is 10.1 Å². The number of halogens is 1. The second kappa shape index (κ2) is 9.60. The fourth-order valence-electron chi connectivity index (χ4n) is 2.31. The first kappa shape index (κ1) is 21.8. The third-order valence-electron chi connectivity index (χ3n) is 3.77. The van der Waals surface area contributed by atoms with Crippen molar-refractivity contribution < 1.29 is 24.0 Å². The Bertz CT molecular complexity index is 965. The van der Waals surface area contributed by atoms with Gasteiger partial charge in [0.2, 0.25) is 6.04 Å². The second-order valence-corrected chi connectivity index (χ2v) is 5.97. The number of hydrogen-bond acceptors (Lipinski definition) is 8. The number of methoxy groups -OCH3 is 2. The van der Waals surface area contributed by atoms with Gasteiger partial charge in [-0.3, -0.25) is 19.7 Å². The third kappa shape index (κ3) is 5.05. The maximum absolute atomic E-state index is 12.7. The van der Waals surface area contributed by atoms with Gasteiger partial charge in [0.25, 0.3) is 11.6 Å². The average Bonchev–Trinajstić information content (AvgIpc) is 2.72. The van der Waals surface area contributed by atoms with Gasteiger partial charge in [-0.05, 0) is 25.1 Å². The largest absolute Gasteiger partial charge is 0.493 e. The molecule has 10 nitrogen and oxygen atoms in total. The minimum atomic E-state index is -1.58. The number of nitrogens with zero attached hydrogens (tertiary/aromatic N) is 4. The molecule has 2 rings (SSSR count). The summed E-state index contributed by atoms with van der Waals surface area (Å²) in [5, 5.41) is 18.5. The van der Waals surface area contributed by atoms with Gasteiger partial charge in [0.15, 0.2) is 23.0 Å². The highest BCUT2D eigenvalue weighted by atomic mass is 35.5. The minimum Gasteiger partial charge on any atom is -0.493 e. The molecule has 0 N–H and O–H groups in total. The Balaban J connectivity index is 2.32. The lowest BCUT2D eigenvalue weighted by Gasteiger charge is -2.18. The molecule has 2 aromatic rings. The van der Waals surface area contributed by atoms with Gasteiger partial charge in [-0.2, -0.15) is 5.11 Å². The number of rotatable bonds is 8. The molecule has 0 aromatic heterocycles. The van der Waals surface area contributed by atoms with E-state index in [2.05, 4.69) is 10.2 Å². The molecular weight excluding hydrogens is 404 g/mol. The average molecular weight is 421 g/mol. The number of azo groups is 1. The van der Waals surface area contributed by atoms with Crippen molar-refractivity contribution in [3.05, 3.63) is 52.6 Å². The van der Waals surface area contributed by atoms with Crippen molar-refractivity contribution in [2.75, 3.05) is 18.6 Å². The summed E-state index contributed by atoms with van der Waals surface area (Å²) in [5.74, 6) is -0.769. The van der Waals surface area contributed by atoms with Gasteiger partial charge in [-0.15, -0.1) is 5.11 Å². The Morgan fingerprint density at radius 2 is 1.79 bits per heavy atom. The molecule has 0 fully saturated rings. The number of nitro groups is 1. The summed E-state index contributed by atoms with van der Waals surface area (Å²) in [5.41, 5.74) is -0.195. The SMILES string of the molecule is COc1ccc(N(Cl)C(=O)C(N=Nc2ccccc2[N+](=O)[O-])C(C)=O)cc1OC. The lowest BCUT2D eigenvalue weighted by Crippen LogP contribution is -2.36. The quantitative estimate of drug-likeness (QED) is 0.210. The molecule has 0 saturated carbocycles. The molecule has 1 atom stereocenters. The number of anilines is 1. The number of nitro benzene ring substituents is 1. The van der Waals surface area contributed by atoms with Crippen LogP contribution in [0.4, 0.5) is 17.1 Å². The van der Waals surface area contributed by atoms with Crippen LogP contribution in [-0.4, -0.2) is 36.9 Å². The third-order valence-corrected chi connectivity index (χ3v) is 4.13. The van der Waals surface area contributed by atoms with Crippen LogP contribution in [0.25, 0.3) is 0 Å². The van der Waals surface area contributed by atoms with Gasteiger partial charge in [-0.1, -0.05) is 12.1 Å². The number of para-hydroxylation sites is 1. The number of hydrogen-bond donors (Lipinski definition) is 0. The molecule has 0 aliphatic carbocycles. The highest BCUT2D eigenvalue weighted by Gasteiger charge is 2.29. The van der Waals surface area contributed by atoms with Gasteiger partial charge in [0, 0.05) is 23.9 Å². The van der Waals surface area contributed by atoms with Gasteiger partial charge in [0.05, 0.1) is 24.8 Å². The topological polar surface area (TPSA) is 124 Å². The number of Topliss-reactive ketones (excluding diaryl/α,β-unsaturated/α-hetero) is 1. The van der Waals surface area contributed by atoms with Crippen LogP contribution < -0.4 is 13.9 Å². The minimum absolute atomic E-state index is 0.0937. The summed E-state index contributed by atoms with van der Waals surface area (Å²) in [4.78, 5) is 35.1. The Labute approximate surface area is 171 Å². The van der Waals surface area contributed by atoms with Gasteiger partial charge >= 0.3 is 0 Å². The number of carbonyl (C=O) groups is 2. The Morgan fingerprint density at radius 1 is 1.14 bits per heavy atom. The predicted molar refractivity (Wildman–Crippen MR) is 105 cm³/mol. The van der Waals surface area contributed by atoms with Crippen molar-refractivity contribution in [2.45, 2.75) is 13.0 Å². The van der Waals surface area contributed by atoms with Crippen molar-refractivity contribution in [1.82, 2.24) is 0 Å². The fraction of sp³-hybridized carbons (Fsp3) is 0.222. The summed E-state index contributed by atoms with van der Waals surface area (Å²) < 4.78 is 11.0. The van der Waals surface area contributed by atoms with E-state index in [1.165, 1.54) is 56.7 Å². The molecule has 29 heavy (non-hydrogen) atoms. The van der Waals surface area contributed by atoms with E-state index in [1.807, 2.05) is 0 Å². The van der Waals surface area contributed by atoms with Crippen LogP contribution in [0.5, 0.6) is 11.5 Å². The zero-order chi connectivity index (χ0) is 21.6. The van der Waals surface area contributed by atoms with E-state index in [4.69, 9.17) is 21.3 Å². The van der Waals surface area contributed by atoms with Crippen LogP contribution in [-0.2, 0) is 9.59 Å². The number of carbonyl (C=O) groups excluding carboxylic acids is 2. The van der Waals surface area contributed by atoms with Crippen LogP contribution in [0.15, 0.2) is 52.7 Å². The molecule has 0 radical (unpaired) electrons. The molecular formula is C18H17ClN4O6. The number of ketones is 1. The van der Waals surface area contributed by atoms with E-state index in [1.54, 1.807) is 0 Å². The molecule has 0 aliphatic rings. The maximum atomic E-state index is 12.7. The molecule has 0 heterocycles. The van der Waals surface area contributed by atoms with Crippen molar-refractivity contribution in [2.24, 2.45) is 10.2 Å². The zero-order valence-electron chi connectivity index (χ0n) is 15.7. The van der Waals surface area contributed by atoms with Crippen molar-refractivity contribution in [3.8, 4) is 11.5 Å². The van der Waals surface area contributed by atoms with Crippen molar-refractivity contribution in [3.63, 3.8) is 0 Å². The highest BCUT2D eigenvalue weighted by Crippen LogP contribution is 2.33. The summed E-state index contributed by atoms with van der Waals surface area (Å²) in [6.07, 6.45) is 0. The number of ether oxygens (including phenoxy) is 2. The molecule has 0 spiro atoms.